The highest BCUT2D eigenvalue weighted by Crippen LogP contribution is 2.25. The van der Waals surface area contributed by atoms with Gasteiger partial charge in [-0.3, -0.25) is 0 Å². The zero-order valence-electron chi connectivity index (χ0n) is 10.7. The van der Waals surface area contributed by atoms with Crippen molar-refractivity contribution in [1.29, 1.82) is 0 Å². The largest absolute Gasteiger partial charge is 0.528 e. The predicted molar refractivity (Wildman–Crippen MR) is 63.3 cm³/mol. The third kappa shape index (κ3) is 4.75. The van der Waals surface area contributed by atoms with Crippen molar-refractivity contribution in [3.05, 3.63) is 12.7 Å². The summed E-state index contributed by atoms with van der Waals surface area (Å²) in [6, 6.07) is 0. The Bertz CT molecular complexity index is 297. The van der Waals surface area contributed by atoms with Gasteiger partial charge in [-0.2, -0.15) is 0 Å². The van der Waals surface area contributed by atoms with Gasteiger partial charge in [-0.25, -0.2) is 4.79 Å². The van der Waals surface area contributed by atoms with Crippen molar-refractivity contribution in [3.8, 4) is 0 Å². The number of hydrogen-bond acceptors (Lipinski definition) is 5. The van der Waals surface area contributed by atoms with Crippen LogP contribution in [0.1, 0.15) is 33.6 Å². The molecular formula is C12H21NO4. The van der Waals surface area contributed by atoms with Gasteiger partial charge in [0.2, 0.25) is 0 Å². The third-order valence-corrected chi connectivity index (χ3v) is 2.41. The van der Waals surface area contributed by atoms with Crippen molar-refractivity contribution in [1.82, 2.24) is 5.06 Å². The summed E-state index contributed by atoms with van der Waals surface area (Å²) in [5.41, 5.74) is -1.42. The Morgan fingerprint density at radius 2 is 2.24 bits per heavy atom. The number of aliphatic hydroxyl groups is 1. The molecule has 0 aromatic rings. The van der Waals surface area contributed by atoms with Gasteiger partial charge in [0.15, 0.2) is 0 Å². The Balaban J connectivity index is 2.40. The van der Waals surface area contributed by atoms with E-state index in [0.29, 0.717) is 19.4 Å². The summed E-state index contributed by atoms with van der Waals surface area (Å²) in [6.07, 6.45) is 1.97. The second-order valence-corrected chi connectivity index (χ2v) is 5.39. The standard InChI is InChI=1S/C12H21NO4/c1-5-6-12(15)7-8-13(9-12)17-10(14)16-11(2,3)4/h5,15H,1,6-9H2,2-4H3. The number of hydroxylamine groups is 2. The lowest BCUT2D eigenvalue weighted by Crippen LogP contribution is -2.35. The summed E-state index contributed by atoms with van der Waals surface area (Å²) in [5.74, 6) is 0. The summed E-state index contributed by atoms with van der Waals surface area (Å²) in [6.45, 7) is 9.70. The smallest absolute Gasteiger partial charge is 0.427 e. The molecule has 5 heteroatoms. The van der Waals surface area contributed by atoms with Crippen LogP contribution in [-0.4, -0.2) is 40.6 Å². The van der Waals surface area contributed by atoms with Crippen LogP contribution < -0.4 is 0 Å². The number of carbonyl (C=O) groups excluding carboxylic acids is 1. The van der Waals surface area contributed by atoms with Gasteiger partial charge in [0.1, 0.15) is 5.60 Å². The summed E-state index contributed by atoms with van der Waals surface area (Å²) in [4.78, 5) is 16.4. The van der Waals surface area contributed by atoms with Crippen LogP contribution in [0.5, 0.6) is 0 Å². The number of hydrogen-bond donors (Lipinski definition) is 1. The molecule has 0 aromatic heterocycles. The first kappa shape index (κ1) is 14.0. The van der Waals surface area contributed by atoms with Crippen molar-refractivity contribution >= 4 is 6.16 Å². The van der Waals surface area contributed by atoms with Gasteiger partial charge in [0, 0.05) is 6.54 Å². The van der Waals surface area contributed by atoms with Crippen LogP contribution in [0.25, 0.3) is 0 Å². The zero-order valence-corrected chi connectivity index (χ0v) is 10.7. The molecule has 1 aliphatic heterocycles. The first-order valence-corrected chi connectivity index (χ1v) is 5.73. The molecule has 0 bridgehead atoms. The summed E-state index contributed by atoms with van der Waals surface area (Å²) in [7, 11) is 0. The lowest BCUT2D eigenvalue weighted by molar-refractivity contribution is -0.139. The Morgan fingerprint density at radius 1 is 1.59 bits per heavy atom. The van der Waals surface area contributed by atoms with Crippen molar-refractivity contribution in [2.45, 2.75) is 44.8 Å². The molecule has 1 N–H and O–H groups in total. The minimum Gasteiger partial charge on any atom is -0.427 e. The maximum atomic E-state index is 11.4. The Hall–Kier alpha value is -1.07. The third-order valence-electron chi connectivity index (χ3n) is 2.41. The highest BCUT2D eigenvalue weighted by atomic mass is 16.8. The minimum atomic E-state index is -0.843. The quantitative estimate of drug-likeness (QED) is 0.605. The molecule has 0 spiro atoms. The van der Waals surface area contributed by atoms with E-state index in [4.69, 9.17) is 9.57 Å². The number of ether oxygens (including phenoxy) is 1. The van der Waals surface area contributed by atoms with Gasteiger partial charge >= 0.3 is 6.16 Å². The normalized spacial score (nSPS) is 25.6. The maximum Gasteiger partial charge on any atom is 0.528 e. The van der Waals surface area contributed by atoms with Crippen LogP contribution in [0.15, 0.2) is 12.7 Å². The monoisotopic (exact) mass is 243 g/mol. The van der Waals surface area contributed by atoms with E-state index in [1.165, 1.54) is 5.06 Å². The van der Waals surface area contributed by atoms with Gasteiger partial charge < -0.3 is 14.7 Å². The van der Waals surface area contributed by atoms with Gasteiger partial charge in [0.05, 0.1) is 12.1 Å². The molecule has 0 amide bonds. The molecular weight excluding hydrogens is 222 g/mol. The zero-order chi connectivity index (χ0) is 13.1. The molecule has 0 radical (unpaired) electrons. The summed E-state index contributed by atoms with van der Waals surface area (Å²) < 4.78 is 5.02. The van der Waals surface area contributed by atoms with E-state index in [0.717, 1.165) is 0 Å². The lowest BCUT2D eigenvalue weighted by Gasteiger charge is -2.23. The number of carbonyl (C=O) groups is 1. The fourth-order valence-corrected chi connectivity index (χ4v) is 1.71. The second kappa shape index (κ2) is 5.06. The molecule has 0 aliphatic carbocycles. The lowest BCUT2D eigenvalue weighted by atomic mass is 9.99. The summed E-state index contributed by atoms with van der Waals surface area (Å²) >= 11 is 0. The molecule has 1 aliphatic rings. The van der Waals surface area contributed by atoms with Gasteiger partial charge in [-0.05, 0) is 33.6 Å². The molecule has 17 heavy (non-hydrogen) atoms. The maximum absolute atomic E-state index is 11.4. The predicted octanol–water partition coefficient (Wildman–Crippen LogP) is 1.87. The molecule has 98 valence electrons. The first-order chi connectivity index (χ1) is 7.74. The van der Waals surface area contributed by atoms with Crippen molar-refractivity contribution in [2.24, 2.45) is 0 Å². The highest BCUT2D eigenvalue weighted by Gasteiger charge is 2.37. The average Bonchev–Trinajstić information content (AvgIpc) is 2.44. The van der Waals surface area contributed by atoms with Crippen molar-refractivity contribution < 1.29 is 19.5 Å². The SMILES string of the molecule is C=CCC1(O)CCN(OC(=O)OC(C)(C)C)C1. The van der Waals surface area contributed by atoms with Crippen LogP contribution in [-0.2, 0) is 9.57 Å². The molecule has 1 rings (SSSR count). The molecule has 1 unspecified atom stereocenters. The Morgan fingerprint density at radius 3 is 2.76 bits per heavy atom. The molecule has 0 saturated carbocycles. The van der Waals surface area contributed by atoms with E-state index in [1.807, 2.05) is 0 Å². The number of rotatable bonds is 3. The van der Waals surface area contributed by atoms with Crippen LogP contribution >= 0.6 is 0 Å². The number of nitrogens with zero attached hydrogens (tertiary/aromatic N) is 1. The van der Waals surface area contributed by atoms with Crippen LogP contribution in [0.4, 0.5) is 4.79 Å². The van der Waals surface area contributed by atoms with E-state index >= 15 is 0 Å². The molecule has 5 nitrogen and oxygen atoms in total. The average molecular weight is 243 g/mol. The fourth-order valence-electron chi connectivity index (χ4n) is 1.71. The van der Waals surface area contributed by atoms with Gasteiger partial charge in [-0.15, -0.1) is 11.6 Å². The molecule has 1 heterocycles. The summed E-state index contributed by atoms with van der Waals surface area (Å²) in [5, 5.41) is 11.5. The fraction of sp³-hybridized carbons (Fsp3) is 0.750. The molecule has 0 aromatic carbocycles. The van der Waals surface area contributed by atoms with Crippen LogP contribution in [0, 0.1) is 0 Å². The van der Waals surface area contributed by atoms with Crippen molar-refractivity contribution in [2.75, 3.05) is 13.1 Å². The topological polar surface area (TPSA) is 59.0 Å². The van der Waals surface area contributed by atoms with Crippen LogP contribution in [0.3, 0.4) is 0 Å². The minimum absolute atomic E-state index is 0.290. The van der Waals surface area contributed by atoms with Gasteiger partial charge in [0.25, 0.3) is 0 Å². The highest BCUT2D eigenvalue weighted by molar-refractivity contribution is 5.60. The Labute approximate surface area is 102 Å². The molecule has 1 saturated heterocycles. The van der Waals surface area contributed by atoms with Crippen molar-refractivity contribution in [3.63, 3.8) is 0 Å². The number of β-amino-alcohol motifs (C(OH)–C–C–N with tert-alkyl or cyclic N) is 1. The van der Waals surface area contributed by atoms with Gasteiger partial charge in [-0.1, -0.05) is 6.08 Å². The molecule has 1 atom stereocenters. The van der Waals surface area contributed by atoms with E-state index in [9.17, 15) is 9.90 Å². The second-order valence-electron chi connectivity index (χ2n) is 5.39. The molecule has 1 fully saturated rings. The van der Waals surface area contributed by atoms with E-state index in [2.05, 4.69) is 6.58 Å². The van der Waals surface area contributed by atoms with E-state index in [1.54, 1.807) is 26.8 Å². The van der Waals surface area contributed by atoms with Crippen LogP contribution in [0.2, 0.25) is 0 Å². The van der Waals surface area contributed by atoms with E-state index < -0.39 is 17.4 Å². The Kier molecular flexibility index (Phi) is 4.16. The first-order valence-electron chi connectivity index (χ1n) is 5.73. The van der Waals surface area contributed by atoms with E-state index in [-0.39, 0.29) is 6.54 Å².